The molecule has 2 fully saturated rings. The van der Waals surface area contributed by atoms with Crippen LogP contribution < -0.4 is 5.32 Å². The number of carbonyl (C=O) groups is 3. The predicted octanol–water partition coefficient (Wildman–Crippen LogP) is -1.25. The number of carbonyl (C=O) groups excluding carboxylic acids is 3. The fourth-order valence-electron chi connectivity index (χ4n) is 2.75. The van der Waals surface area contributed by atoms with Crippen molar-refractivity contribution in [1.29, 1.82) is 0 Å². The highest BCUT2D eigenvalue weighted by Crippen LogP contribution is 2.15. The maximum Gasteiger partial charge on any atom is 0.236 e. The lowest BCUT2D eigenvalue weighted by molar-refractivity contribution is -0.143. The number of hydrogen-bond acceptors (Lipinski definition) is 4. The third-order valence-electron chi connectivity index (χ3n) is 4.01. The van der Waals surface area contributed by atoms with Gasteiger partial charge in [0.1, 0.15) is 0 Å². The van der Waals surface area contributed by atoms with Gasteiger partial charge in [-0.05, 0) is 20.5 Å². The molecule has 2 aliphatic rings. The number of likely N-dealkylation sites (N-methyl/N-ethyl adjacent to an activating group) is 1. The monoisotopic (exact) mass is 296 g/mol. The molecule has 2 rings (SSSR count). The van der Waals surface area contributed by atoms with Gasteiger partial charge in [0.2, 0.25) is 17.7 Å². The zero-order chi connectivity index (χ0) is 15.4. The Balaban J connectivity index is 1.79. The van der Waals surface area contributed by atoms with Crippen molar-refractivity contribution in [1.82, 2.24) is 20.0 Å². The van der Waals surface area contributed by atoms with Crippen LogP contribution in [-0.2, 0) is 14.4 Å². The van der Waals surface area contributed by atoms with E-state index in [9.17, 15) is 14.4 Å². The number of nitrogens with one attached hydrogen (secondary N) is 1. The lowest BCUT2D eigenvalue weighted by Gasteiger charge is -2.37. The maximum absolute atomic E-state index is 12.4. The molecule has 0 aliphatic carbocycles. The van der Waals surface area contributed by atoms with Crippen molar-refractivity contribution in [2.75, 3.05) is 53.4 Å². The summed E-state index contributed by atoms with van der Waals surface area (Å²) in [5.41, 5.74) is 0. The van der Waals surface area contributed by atoms with Gasteiger partial charge in [0.15, 0.2) is 0 Å². The molecule has 2 saturated heterocycles. The van der Waals surface area contributed by atoms with E-state index in [1.165, 1.54) is 0 Å². The Hall–Kier alpha value is -1.63. The molecular weight excluding hydrogens is 272 g/mol. The van der Waals surface area contributed by atoms with Crippen LogP contribution in [0.4, 0.5) is 0 Å². The molecule has 21 heavy (non-hydrogen) atoms. The van der Waals surface area contributed by atoms with E-state index in [-0.39, 0.29) is 23.6 Å². The molecule has 0 aromatic rings. The van der Waals surface area contributed by atoms with Crippen molar-refractivity contribution in [2.45, 2.75) is 12.8 Å². The minimum atomic E-state index is -0.105. The molecule has 7 heteroatoms. The van der Waals surface area contributed by atoms with Gasteiger partial charge in [-0.15, -0.1) is 0 Å². The molecule has 0 aromatic heterocycles. The summed E-state index contributed by atoms with van der Waals surface area (Å²) in [7, 11) is 3.74. The molecule has 7 nitrogen and oxygen atoms in total. The van der Waals surface area contributed by atoms with E-state index in [1.54, 1.807) is 0 Å². The van der Waals surface area contributed by atoms with Gasteiger partial charge >= 0.3 is 0 Å². The number of piperidine rings is 1. The minimum Gasteiger partial charge on any atom is -0.355 e. The van der Waals surface area contributed by atoms with Gasteiger partial charge in [0.05, 0.1) is 12.5 Å². The van der Waals surface area contributed by atoms with Gasteiger partial charge in [-0.2, -0.15) is 0 Å². The summed E-state index contributed by atoms with van der Waals surface area (Å²) in [6, 6.07) is 0. The first-order valence-corrected chi connectivity index (χ1v) is 7.45. The lowest BCUT2D eigenvalue weighted by atomic mass is 9.97. The average molecular weight is 296 g/mol. The highest BCUT2D eigenvalue weighted by Gasteiger charge is 2.31. The molecule has 0 spiro atoms. The van der Waals surface area contributed by atoms with Crippen LogP contribution in [0.25, 0.3) is 0 Å². The Morgan fingerprint density at radius 2 is 1.81 bits per heavy atom. The first-order valence-electron chi connectivity index (χ1n) is 7.45. The van der Waals surface area contributed by atoms with Gasteiger partial charge in [-0.25, -0.2) is 0 Å². The van der Waals surface area contributed by atoms with Crippen molar-refractivity contribution >= 4 is 17.7 Å². The average Bonchev–Trinajstić information content (AvgIpc) is 2.47. The smallest absolute Gasteiger partial charge is 0.236 e. The zero-order valence-electron chi connectivity index (χ0n) is 12.8. The second-order valence-corrected chi connectivity index (χ2v) is 5.98. The summed E-state index contributed by atoms with van der Waals surface area (Å²) in [5, 5.41) is 2.74. The topological polar surface area (TPSA) is 73.0 Å². The minimum absolute atomic E-state index is 0.0261. The number of nitrogens with zero attached hydrogens (tertiary/aromatic N) is 3. The van der Waals surface area contributed by atoms with Crippen LogP contribution in [0.5, 0.6) is 0 Å². The van der Waals surface area contributed by atoms with E-state index in [1.807, 2.05) is 28.8 Å². The molecule has 1 atom stereocenters. The van der Waals surface area contributed by atoms with Gasteiger partial charge < -0.3 is 20.0 Å². The third kappa shape index (κ3) is 4.17. The van der Waals surface area contributed by atoms with Crippen molar-refractivity contribution in [3.63, 3.8) is 0 Å². The largest absolute Gasteiger partial charge is 0.355 e. The second kappa shape index (κ2) is 6.89. The van der Waals surface area contributed by atoms with Gasteiger partial charge in [0.25, 0.3) is 0 Å². The zero-order valence-corrected chi connectivity index (χ0v) is 12.8. The maximum atomic E-state index is 12.4. The van der Waals surface area contributed by atoms with Crippen LogP contribution in [0.15, 0.2) is 0 Å². The van der Waals surface area contributed by atoms with E-state index in [0.717, 1.165) is 0 Å². The first-order chi connectivity index (χ1) is 9.97. The first kappa shape index (κ1) is 15.8. The Bertz CT molecular complexity index is 406. The number of hydrogen-bond donors (Lipinski definition) is 1. The Morgan fingerprint density at radius 1 is 1.19 bits per heavy atom. The third-order valence-corrected chi connectivity index (χ3v) is 4.01. The standard InChI is InChI=1S/C14H24N4O3/c1-16(2)10-13(20)17-5-7-18(8-6-17)14(21)11-3-4-12(19)15-9-11/h11H,3-10H2,1-2H3,(H,15,19). The molecule has 1 unspecified atom stereocenters. The second-order valence-electron chi connectivity index (χ2n) is 5.98. The van der Waals surface area contributed by atoms with Crippen LogP contribution in [0.3, 0.4) is 0 Å². The van der Waals surface area contributed by atoms with E-state index in [0.29, 0.717) is 52.1 Å². The summed E-state index contributed by atoms with van der Waals surface area (Å²) in [5.74, 6) is 0.136. The number of amides is 3. The summed E-state index contributed by atoms with van der Waals surface area (Å²) in [4.78, 5) is 40.9. The number of piperazine rings is 1. The van der Waals surface area contributed by atoms with Crippen molar-refractivity contribution < 1.29 is 14.4 Å². The van der Waals surface area contributed by atoms with Crippen LogP contribution >= 0.6 is 0 Å². The summed E-state index contributed by atoms with van der Waals surface area (Å²) in [6.07, 6.45) is 1.06. The Kier molecular flexibility index (Phi) is 5.17. The summed E-state index contributed by atoms with van der Waals surface area (Å²) < 4.78 is 0. The van der Waals surface area contributed by atoms with E-state index in [2.05, 4.69) is 5.32 Å². The molecule has 2 aliphatic heterocycles. The summed E-state index contributed by atoms with van der Waals surface area (Å²) >= 11 is 0. The molecule has 0 bridgehead atoms. The molecule has 1 N–H and O–H groups in total. The fraction of sp³-hybridized carbons (Fsp3) is 0.786. The Morgan fingerprint density at radius 3 is 2.33 bits per heavy atom. The molecule has 3 amide bonds. The van der Waals surface area contributed by atoms with Crippen molar-refractivity contribution in [3.8, 4) is 0 Å². The molecule has 118 valence electrons. The van der Waals surface area contributed by atoms with Crippen LogP contribution in [-0.4, -0.2) is 85.8 Å². The SMILES string of the molecule is CN(C)CC(=O)N1CCN(C(=O)C2CCC(=O)NC2)CC1. The highest BCUT2D eigenvalue weighted by molar-refractivity contribution is 5.84. The molecule has 0 saturated carbocycles. The van der Waals surface area contributed by atoms with E-state index >= 15 is 0 Å². The van der Waals surface area contributed by atoms with Gasteiger partial charge in [-0.3, -0.25) is 14.4 Å². The van der Waals surface area contributed by atoms with Gasteiger partial charge in [0, 0.05) is 39.1 Å². The predicted molar refractivity (Wildman–Crippen MR) is 77.4 cm³/mol. The number of rotatable bonds is 3. The Labute approximate surface area is 125 Å². The van der Waals surface area contributed by atoms with Crippen LogP contribution in [0, 0.1) is 5.92 Å². The van der Waals surface area contributed by atoms with E-state index < -0.39 is 0 Å². The van der Waals surface area contributed by atoms with Crippen molar-refractivity contribution in [2.24, 2.45) is 5.92 Å². The van der Waals surface area contributed by atoms with Gasteiger partial charge in [-0.1, -0.05) is 0 Å². The van der Waals surface area contributed by atoms with Crippen molar-refractivity contribution in [3.05, 3.63) is 0 Å². The lowest BCUT2D eigenvalue weighted by Crippen LogP contribution is -2.54. The normalized spacial score (nSPS) is 23.2. The summed E-state index contributed by atoms with van der Waals surface area (Å²) in [6.45, 7) is 3.21. The molecular formula is C14H24N4O3. The highest BCUT2D eigenvalue weighted by atomic mass is 16.2. The molecule has 2 heterocycles. The quantitative estimate of drug-likeness (QED) is 0.706. The van der Waals surface area contributed by atoms with E-state index in [4.69, 9.17) is 0 Å². The molecule has 0 radical (unpaired) electrons. The molecule has 0 aromatic carbocycles. The fourth-order valence-corrected chi connectivity index (χ4v) is 2.75. The van der Waals surface area contributed by atoms with Crippen LogP contribution in [0.2, 0.25) is 0 Å². The van der Waals surface area contributed by atoms with Crippen LogP contribution in [0.1, 0.15) is 12.8 Å².